The molecule has 244 valence electrons. The van der Waals surface area contributed by atoms with Crippen molar-refractivity contribution in [2.75, 3.05) is 26.7 Å². The molecule has 0 bridgehead atoms. The monoisotopic (exact) mass is 621 g/mol. The lowest BCUT2D eigenvalue weighted by Gasteiger charge is -2.36. The molecule has 0 aromatic heterocycles. The lowest BCUT2D eigenvalue weighted by Crippen LogP contribution is -2.56. The molecule has 5 rings (SSSR count). The Labute approximate surface area is 266 Å². The molecule has 0 aliphatic carbocycles. The van der Waals surface area contributed by atoms with Gasteiger partial charge >= 0.3 is 5.97 Å². The number of carbonyl (C=O) groups is 4. The molecule has 1 aromatic rings. The molecule has 2 fully saturated rings. The Kier molecular flexibility index (Phi) is 10.1. The summed E-state index contributed by atoms with van der Waals surface area (Å²) in [4.78, 5) is 61.3. The molecule has 0 saturated carbocycles. The maximum Gasteiger partial charge on any atom is 0.313 e. The molecule has 4 aliphatic rings. The van der Waals surface area contributed by atoms with Gasteiger partial charge in [0.1, 0.15) is 23.7 Å². The van der Waals surface area contributed by atoms with Crippen molar-refractivity contribution >= 4 is 23.7 Å². The molecule has 7 atom stereocenters. The van der Waals surface area contributed by atoms with Crippen molar-refractivity contribution in [1.29, 1.82) is 0 Å². The second-order valence-corrected chi connectivity index (χ2v) is 13.0. The summed E-state index contributed by atoms with van der Waals surface area (Å²) in [5.41, 5.74) is -0.601. The van der Waals surface area contributed by atoms with Gasteiger partial charge < -0.3 is 29.3 Å². The summed E-state index contributed by atoms with van der Waals surface area (Å²) in [5, 5.41) is 9.21. The smallest absolute Gasteiger partial charge is 0.313 e. The molecule has 1 aromatic carbocycles. The Balaban J connectivity index is 1.56. The Morgan fingerprint density at radius 2 is 1.73 bits per heavy atom. The molecule has 3 amide bonds. The number of allylic oxidation sites excluding steroid dienone is 1. The summed E-state index contributed by atoms with van der Waals surface area (Å²) in [6, 6.07) is 7.84. The van der Waals surface area contributed by atoms with E-state index in [1.807, 2.05) is 69.3 Å². The van der Waals surface area contributed by atoms with Gasteiger partial charge in [-0.3, -0.25) is 19.2 Å². The molecule has 1 spiro atoms. The number of likely N-dealkylation sites (N-methyl/N-ethyl adjacent to an activating group) is 1. The normalized spacial score (nSPS) is 32.9. The highest BCUT2D eigenvalue weighted by Crippen LogP contribution is 2.53. The van der Waals surface area contributed by atoms with E-state index >= 15 is 0 Å². The average Bonchev–Trinajstić information content (AvgIpc) is 3.40. The van der Waals surface area contributed by atoms with Gasteiger partial charge in [0.05, 0.1) is 18.1 Å². The molecule has 0 radical (unpaired) electrons. The van der Waals surface area contributed by atoms with E-state index < -0.39 is 47.7 Å². The summed E-state index contributed by atoms with van der Waals surface area (Å²) in [5.74, 6) is -3.08. The number of cyclic esters (lactones) is 1. The van der Waals surface area contributed by atoms with Crippen LogP contribution in [0.3, 0.4) is 0 Å². The first kappa shape index (κ1) is 32.9. The molecular weight excluding hydrogens is 574 g/mol. The quantitative estimate of drug-likeness (QED) is 0.269. The standard InChI is InChI=1S/C35H47N3O7/c1-23(2)37-21-14-19-35-29(32(41)38(31(35)33(37)42)20-12-5-6-13-22-39)28-26(45-35)17-10-11-18-27(40)36(4)24(3)30(44-34(28)43)25-15-8-7-9-16-25/h7-10,14-17,19,23-24,26,28-31,39H,5-6,11-13,18,20-22H2,1-4H3/b17-10-/t24-,26-,28+,29+,30+,31-,35+/m1/s1. The fourth-order valence-corrected chi connectivity index (χ4v) is 7.36. The van der Waals surface area contributed by atoms with Crippen molar-refractivity contribution in [3.05, 3.63) is 60.2 Å². The van der Waals surface area contributed by atoms with Crippen molar-refractivity contribution < 1.29 is 33.8 Å². The predicted molar refractivity (Wildman–Crippen MR) is 168 cm³/mol. The van der Waals surface area contributed by atoms with Crippen molar-refractivity contribution in [2.45, 2.75) is 95.2 Å². The number of unbranched alkanes of at least 4 members (excludes halogenated alkanes) is 3. The molecule has 0 unspecified atom stereocenters. The minimum Gasteiger partial charge on any atom is -0.455 e. The van der Waals surface area contributed by atoms with Gasteiger partial charge in [0.2, 0.25) is 17.7 Å². The highest BCUT2D eigenvalue weighted by Gasteiger charge is 2.71. The third-order valence-corrected chi connectivity index (χ3v) is 9.89. The van der Waals surface area contributed by atoms with Gasteiger partial charge in [0.15, 0.2) is 0 Å². The lowest BCUT2D eigenvalue weighted by molar-refractivity contribution is -0.164. The fourth-order valence-electron chi connectivity index (χ4n) is 7.36. The van der Waals surface area contributed by atoms with Gasteiger partial charge in [-0.2, -0.15) is 0 Å². The van der Waals surface area contributed by atoms with Crippen LogP contribution < -0.4 is 0 Å². The Bertz CT molecular complexity index is 1310. The summed E-state index contributed by atoms with van der Waals surface area (Å²) in [6.45, 7) is 6.59. The molecule has 10 heteroatoms. The van der Waals surface area contributed by atoms with E-state index in [0.29, 0.717) is 32.4 Å². The number of benzene rings is 1. The highest BCUT2D eigenvalue weighted by atomic mass is 16.6. The zero-order valence-corrected chi connectivity index (χ0v) is 26.8. The van der Waals surface area contributed by atoms with E-state index in [1.54, 1.807) is 27.8 Å². The van der Waals surface area contributed by atoms with E-state index in [4.69, 9.17) is 9.47 Å². The first-order chi connectivity index (χ1) is 21.6. The zero-order chi connectivity index (χ0) is 32.3. The molecule has 4 heterocycles. The summed E-state index contributed by atoms with van der Waals surface area (Å²) in [7, 11) is 1.72. The van der Waals surface area contributed by atoms with E-state index in [9.17, 15) is 24.3 Å². The first-order valence-corrected chi connectivity index (χ1v) is 16.4. The summed E-state index contributed by atoms with van der Waals surface area (Å²) >= 11 is 0. The average molecular weight is 622 g/mol. The SMILES string of the molecule is CC(C)N1CC=C[C@]23O[C@@H]4/C=C\CCC(=O)N(C)[C@H](C)[C@@H](c5ccccc5)OC(=O)[C@@H]4[C@H]2C(=O)N(CCCCCCO)[C@@H]3C1=O. The number of hydrogen-bond acceptors (Lipinski definition) is 7. The lowest BCUT2D eigenvalue weighted by atomic mass is 9.77. The number of hydrogen-bond donors (Lipinski definition) is 1. The van der Waals surface area contributed by atoms with E-state index in [1.165, 1.54) is 0 Å². The molecule has 4 aliphatic heterocycles. The maximum absolute atomic E-state index is 14.5. The van der Waals surface area contributed by atoms with Gasteiger partial charge in [-0.25, -0.2) is 0 Å². The van der Waals surface area contributed by atoms with Crippen LogP contribution in [0, 0.1) is 11.8 Å². The van der Waals surface area contributed by atoms with Crippen molar-refractivity contribution in [2.24, 2.45) is 11.8 Å². The third kappa shape index (κ3) is 6.19. The number of aliphatic hydroxyl groups excluding tert-OH is 1. The van der Waals surface area contributed by atoms with Crippen molar-refractivity contribution in [1.82, 2.24) is 14.7 Å². The third-order valence-electron chi connectivity index (χ3n) is 9.89. The number of carbonyl (C=O) groups excluding carboxylic acids is 4. The van der Waals surface area contributed by atoms with E-state index in [2.05, 4.69) is 0 Å². The van der Waals surface area contributed by atoms with Gasteiger partial charge in [-0.05, 0) is 45.6 Å². The maximum atomic E-state index is 14.5. The molecule has 45 heavy (non-hydrogen) atoms. The molecule has 10 nitrogen and oxygen atoms in total. The highest BCUT2D eigenvalue weighted by molar-refractivity contribution is 5.99. The summed E-state index contributed by atoms with van der Waals surface area (Å²) < 4.78 is 13.1. The number of ether oxygens (including phenoxy) is 2. The number of rotatable bonds is 8. The van der Waals surface area contributed by atoms with Crippen LogP contribution in [0.15, 0.2) is 54.6 Å². The van der Waals surface area contributed by atoms with Gasteiger partial charge in [0, 0.05) is 39.2 Å². The number of esters is 1. The van der Waals surface area contributed by atoms with E-state index in [-0.39, 0.29) is 36.8 Å². The Morgan fingerprint density at radius 3 is 2.44 bits per heavy atom. The van der Waals surface area contributed by atoms with Crippen LogP contribution >= 0.6 is 0 Å². The second kappa shape index (κ2) is 13.9. The molecule has 1 N–H and O–H groups in total. The largest absolute Gasteiger partial charge is 0.455 e. The number of fused-ring (bicyclic) bond motifs is 2. The number of aliphatic hydroxyl groups is 1. The Morgan fingerprint density at radius 1 is 1.00 bits per heavy atom. The van der Waals surface area contributed by atoms with Gasteiger partial charge in [0.25, 0.3) is 0 Å². The number of nitrogens with zero attached hydrogens (tertiary/aromatic N) is 3. The van der Waals surface area contributed by atoms with Crippen LogP contribution in [-0.4, -0.2) is 100 Å². The van der Waals surface area contributed by atoms with Crippen LogP contribution in [0.4, 0.5) is 0 Å². The van der Waals surface area contributed by atoms with Crippen LogP contribution in [0.5, 0.6) is 0 Å². The zero-order valence-electron chi connectivity index (χ0n) is 26.8. The van der Waals surface area contributed by atoms with Crippen LogP contribution in [0.2, 0.25) is 0 Å². The second-order valence-electron chi connectivity index (χ2n) is 13.0. The topological polar surface area (TPSA) is 117 Å². The van der Waals surface area contributed by atoms with Crippen LogP contribution in [-0.2, 0) is 28.7 Å². The minimum atomic E-state index is -1.34. The minimum absolute atomic E-state index is 0.0694. The fraction of sp³-hybridized carbons (Fsp3) is 0.600. The van der Waals surface area contributed by atoms with Crippen LogP contribution in [0.25, 0.3) is 0 Å². The van der Waals surface area contributed by atoms with Gasteiger partial charge in [-0.15, -0.1) is 0 Å². The number of likely N-dealkylation sites (tertiary alicyclic amines) is 1. The Hall–Kier alpha value is -3.50. The predicted octanol–water partition coefficient (Wildman–Crippen LogP) is 3.41. The number of amides is 3. The van der Waals surface area contributed by atoms with Gasteiger partial charge in [-0.1, -0.05) is 67.5 Å². The van der Waals surface area contributed by atoms with Crippen LogP contribution in [0.1, 0.15) is 71.0 Å². The first-order valence-electron chi connectivity index (χ1n) is 16.4. The molecule has 2 saturated heterocycles. The van der Waals surface area contributed by atoms with Crippen molar-refractivity contribution in [3.63, 3.8) is 0 Å². The molecular formula is C35H47N3O7. The summed E-state index contributed by atoms with van der Waals surface area (Å²) in [6.07, 6.45) is 9.40. The van der Waals surface area contributed by atoms with Crippen molar-refractivity contribution in [3.8, 4) is 0 Å². The van der Waals surface area contributed by atoms with E-state index in [0.717, 1.165) is 18.4 Å².